The van der Waals surface area contributed by atoms with Crippen molar-refractivity contribution in [3.63, 3.8) is 0 Å². The fourth-order valence-electron chi connectivity index (χ4n) is 2.60. The van der Waals surface area contributed by atoms with Crippen molar-refractivity contribution in [2.24, 2.45) is 0 Å². The highest BCUT2D eigenvalue weighted by Crippen LogP contribution is 2.12. The Bertz CT molecular complexity index is 620. The van der Waals surface area contributed by atoms with E-state index in [1.54, 1.807) is 49.9 Å². The fraction of sp³-hybridized carbons (Fsp3) is 0.500. The van der Waals surface area contributed by atoms with Crippen molar-refractivity contribution in [1.29, 1.82) is 0 Å². The molecular weight excluding hydrogens is 322 g/mol. The number of hydrogen-bond donors (Lipinski definition) is 1. The Kier molecular flexibility index (Phi) is 6.52. The molecule has 1 saturated heterocycles. The van der Waals surface area contributed by atoms with E-state index in [1.807, 2.05) is 4.90 Å². The molecule has 25 heavy (non-hydrogen) atoms. The Hall–Kier alpha value is -2.41. The topological polar surface area (TPSA) is 79.0 Å². The highest BCUT2D eigenvalue weighted by molar-refractivity contribution is 5.94. The SMILES string of the molecule is CC(=O)N1CCN(CC(=O)Nc2ccc(C(=O)OC(C)C)cc2)CC1. The summed E-state index contributed by atoms with van der Waals surface area (Å²) < 4.78 is 5.12. The van der Waals surface area contributed by atoms with E-state index in [0.717, 1.165) is 0 Å². The fourth-order valence-corrected chi connectivity index (χ4v) is 2.60. The smallest absolute Gasteiger partial charge is 0.338 e. The van der Waals surface area contributed by atoms with Gasteiger partial charge in [0.05, 0.1) is 18.2 Å². The first-order valence-electron chi connectivity index (χ1n) is 8.44. The summed E-state index contributed by atoms with van der Waals surface area (Å²) in [5, 5.41) is 2.82. The van der Waals surface area contributed by atoms with Crippen molar-refractivity contribution >= 4 is 23.5 Å². The van der Waals surface area contributed by atoms with Gasteiger partial charge in [0.15, 0.2) is 0 Å². The second-order valence-corrected chi connectivity index (χ2v) is 6.36. The number of esters is 1. The summed E-state index contributed by atoms with van der Waals surface area (Å²) in [7, 11) is 0. The zero-order chi connectivity index (χ0) is 18.4. The number of nitrogens with zero attached hydrogens (tertiary/aromatic N) is 2. The standard InChI is InChI=1S/C18H25N3O4/c1-13(2)25-18(24)15-4-6-16(7-5-15)19-17(23)12-20-8-10-21(11-9-20)14(3)22/h4-7,13H,8-12H2,1-3H3,(H,19,23). The predicted molar refractivity (Wildman–Crippen MR) is 94.3 cm³/mol. The van der Waals surface area contributed by atoms with Crippen LogP contribution in [0.4, 0.5) is 5.69 Å². The van der Waals surface area contributed by atoms with Gasteiger partial charge in [0.2, 0.25) is 11.8 Å². The molecule has 1 aromatic carbocycles. The number of ether oxygens (including phenoxy) is 1. The summed E-state index contributed by atoms with van der Waals surface area (Å²) in [6.07, 6.45) is -0.171. The van der Waals surface area contributed by atoms with Gasteiger partial charge in [0, 0.05) is 38.8 Å². The summed E-state index contributed by atoms with van der Waals surface area (Å²) in [5.41, 5.74) is 1.08. The van der Waals surface area contributed by atoms with E-state index in [1.165, 1.54) is 0 Å². The molecule has 0 saturated carbocycles. The Labute approximate surface area is 147 Å². The number of benzene rings is 1. The summed E-state index contributed by atoms with van der Waals surface area (Å²) in [4.78, 5) is 39.0. The zero-order valence-electron chi connectivity index (χ0n) is 14.9. The van der Waals surface area contributed by atoms with Gasteiger partial charge in [-0.15, -0.1) is 0 Å². The lowest BCUT2D eigenvalue weighted by Gasteiger charge is -2.33. The molecule has 0 unspecified atom stereocenters. The molecule has 0 spiro atoms. The quantitative estimate of drug-likeness (QED) is 0.814. The van der Waals surface area contributed by atoms with Crippen LogP contribution in [-0.4, -0.2) is 66.4 Å². The van der Waals surface area contributed by atoms with Crippen LogP contribution in [0.2, 0.25) is 0 Å². The summed E-state index contributed by atoms with van der Waals surface area (Å²) in [6.45, 7) is 8.10. The molecule has 1 N–H and O–H groups in total. The van der Waals surface area contributed by atoms with E-state index in [9.17, 15) is 14.4 Å². The number of carbonyl (C=O) groups is 3. The Morgan fingerprint density at radius 3 is 2.20 bits per heavy atom. The van der Waals surface area contributed by atoms with Crippen LogP contribution in [0.3, 0.4) is 0 Å². The van der Waals surface area contributed by atoms with Gasteiger partial charge in [-0.05, 0) is 38.1 Å². The maximum absolute atomic E-state index is 12.1. The van der Waals surface area contributed by atoms with E-state index in [-0.39, 0.29) is 30.4 Å². The molecule has 0 radical (unpaired) electrons. The van der Waals surface area contributed by atoms with Gasteiger partial charge < -0.3 is 15.0 Å². The minimum absolute atomic E-state index is 0.0696. The second-order valence-electron chi connectivity index (χ2n) is 6.36. The number of carbonyl (C=O) groups excluding carboxylic acids is 3. The van der Waals surface area contributed by atoms with Gasteiger partial charge in [-0.3, -0.25) is 14.5 Å². The van der Waals surface area contributed by atoms with E-state index in [4.69, 9.17) is 4.74 Å². The first-order chi connectivity index (χ1) is 11.8. The van der Waals surface area contributed by atoms with Gasteiger partial charge >= 0.3 is 5.97 Å². The number of anilines is 1. The Balaban J connectivity index is 1.81. The molecule has 0 atom stereocenters. The molecule has 2 amide bonds. The molecule has 1 aromatic rings. The molecule has 0 bridgehead atoms. The zero-order valence-corrected chi connectivity index (χ0v) is 14.9. The molecule has 0 aliphatic carbocycles. The van der Waals surface area contributed by atoms with Gasteiger partial charge in [-0.1, -0.05) is 0 Å². The molecular formula is C18H25N3O4. The van der Waals surface area contributed by atoms with Crippen LogP contribution in [-0.2, 0) is 14.3 Å². The highest BCUT2D eigenvalue weighted by atomic mass is 16.5. The van der Waals surface area contributed by atoms with E-state index in [0.29, 0.717) is 37.4 Å². The van der Waals surface area contributed by atoms with E-state index < -0.39 is 0 Å². The van der Waals surface area contributed by atoms with Gasteiger partial charge in [0.25, 0.3) is 0 Å². The number of amides is 2. The van der Waals surface area contributed by atoms with Crippen LogP contribution in [0.25, 0.3) is 0 Å². The first-order valence-corrected chi connectivity index (χ1v) is 8.44. The van der Waals surface area contributed by atoms with E-state index in [2.05, 4.69) is 5.32 Å². The molecule has 0 aromatic heterocycles. The molecule has 1 aliphatic heterocycles. The third kappa shape index (κ3) is 5.86. The molecule has 1 heterocycles. The molecule has 1 aliphatic rings. The predicted octanol–water partition coefficient (Wildman–Crippen LogP) is 1.35. The highest BCUT2D eigenvalue weighted by Gasteiger charge is 2.20. The molecule has 1 fully saturated rings. The van der Waals surface area contributed by atoms with Crippen LogP contribution >= 0.6 is 0 Å². The largest absolute Gasteiger partial charge is 0.459 e. The third-order valence-corrected chi connectivity index (χ3v) is 3.93. The van der Waals surface area contributed by atoms with Crippen molar-refractivity contribution in [1.82, 2.24) is 9.80 Å². The lowest BCUT2D eigenvalue weighted by Crippen LogP contribution is -2.49. The monoisotopic (exact) mass is 347 g/mol. The molecule has 136 valence electrons. The average Bonchev–Trinajstić information content (AvgIpc) is 2.55. The summed E-state index contributed by atoms with van der Waals surface area (Å²) >= 11 is 0. The van der Waals surface area contributed by atoms with Gasteiger partial charge in [-0.25, -0.2) is 4.79 Å². The van der Waals surface area contributed by atoms with Crippen LogP contribution in [0.1, 0.15) is 31.1 Å². The number of rotatable bonds is 5. The number of nitrogens with one attached hydrogen (secondary N) is 1. The van der Waals surface area contributed by atoms with E-state index >= 15 is 0 Å². The van der Waals surface area contributed by atoms with Crippen molar-refractivity contribution in [2.75, 3.05) is 38.0 Å². The normalized spacial score (nSPS) is 15.1. The van der Waals surface area contributed by atoms with Crippen LogP contribution in [0.5, 0.6) is 0 Å². The maximum atomic E-state index is 12.1. The van der Waals surface area contributed by atoms with Crippen molar-refractivity contribution in [3.8, 4) is 0 Å². The van der Waals surface area contributed by atoms with Gasteiger partial charge in [-0.2, -0.15) is 0 Å². The lowest BCUT2D eigenvalue weighted by molar-refractivity contribution is -0.130. The molecule has 2 rings (SSSR count). The van der Waals surface area contributed by atoms with Crippen LogP contribution < -0.4 is 5.32 Å². The molecule has 7 nitrogen and oxygen atoms in total. The Morgan fingerprint density at radius 2 is 1.68 bits per heavy atom. The minimum atomic E-state index is -0.379. The van der Waals surface area contributed by atoms with Gasteiger partial charge in [0.1, 0.15) is 0 Å². The van der Waals surface area contributed by atoms with Crippen molar-refractivity contribution < 1.29 is 19.1 Å². The average molecular weight is 347 g/mol. The number of hydrogen-bond acceptors (Lipinski definition) is 5. The summed E-state index contributed by atoms with van der Waals surface area (Å²) in [5.74, 6) is -0.426. The first kappa shape index (κ1) is 18.9. The van der Waals surface area contributed by atoms with Crippen LogP contribution in [0, 0.1) is 0 Å². The van der Waals surface area contributed by atoms with Crippen molar-refractivity contribution in [2.45, 2.75) is 26.9 Å². The van der Waals surface area contributed by atoms with Crippen LogP contribution in [0.15, 0.2) is 24.3 Å². The lowest BCUT2D eigenvalue weighted by atomic mass is 10.2. The minimum Gasteiger partial charge on any atom is -0.459 e. The maximum Gasteiger partial charge on any atom is 0.338 e. The van der Waals surface area contributed by atoms with Crippen molar-refractivity contribution in [3.05, 3.63) is 29.8 Å². The summed E-state index contributed by atoms with van der Waals surface area (Å²) in [6, 6.07) is 6.63. The Morgan fingerprint density at radius 1 is 1.08 bits per heavy atom. The molecule has 7 heteroatoms. The third-order valence-electron chi connectivity index (χ3n) is 3.93. The number of piperazine rings is 1. The second kappa shape index (κ2) is 8.62.